The molecule has 21 heavy (non-hydrogen) atoms. The molecule has 1 saturated carbocycles. The molecule has 5 heteroatoms. The van der Waals surface area contributed by atoms with Gasteiger partial charge in [0, 0.05) is 23.3 Å². The molecule has 5 nitrogen and oxygen atoms in total. The summed E-state index contributed by atoms with van der Waals surface area (Å²) in [5.74, 6) is -0.179. The lowest BCUT2D eigenvalue weighted by molar-refractivity contribution is -0.115. The van der Waals surface area contributed by atoms with Crippen LogP contribution in [0.1, 0.15) is 43.5 Å². The molecule has 1 unspecified atom stereocenters. The highest BCUT2D eigenvalue weighted by atomic mass is 16.2. The Hall–Kier alpha value is -1.88. The topological polar surface area (TPSA) is 70.2 Å². The monoisotopic (exact) mass is 289 g/mol. The number of carbonyl (C=O) groups is 2. The predicted octanol–water partition coefficient (Wildman–Crippen LogP) is 1.91. The largest absolute Gasteiger partial charge is 0.349 e. The van der Waals surface area contributed by atoms with Crippen LogP contribution in [-0.2, 0) is 4.79 Å². The first-order chi connectivity index (χ1) is 10.1. The number of carbonyl (C=O) groups excluding carboxylic acids is 2. The van der Waals surface area contributed by atoms with Gasteiger partial charge in [0.1, 0.15) is 0 Å². The molecule has 1 aliphatic carbocycles. The van der Waals surface area contributed by atoms with Gasteiger partial charge in [-0.1, -0.05) is 13.0 Å². The summed E-state index contributed by atoms with van der Waals surface area (Å²) < 4.78 is 0. The molecule has 2 amide bonds. The van der Waals surface area contributed by atoms with Crippen LogP contribution in [-0.4, -0.2) is 30.4 Å². The van der Waals surface area contributed by atoms with Gasteiger partial charge in [-0.3, -0.25) is 9.59 Å². The molecule has 1 aromatic carbocycles. The highest BCUT2D eigenvalue weighted by Crippen LogP contribution is 2.20. The van der Waals surface area contributed by atoms with Crippen LogP contribution in [0.2, 0.25) is 0 Å². The molecule has 0 spiro atoms. The second-order valence-corrected chi connectivity index (χ2v) is 5.57. The van der Waals surface area contributed by atoms with Gasteiger partial charge < -0.3 is 16.0 Å². The minimum Gasteiger partial charge on any atom is -0.349 e. The lowest BCUT2D eigenvalue weighted by atomic mass is 10.2. The third kappa shape index (κ3) is 5.19. The average Bonchev–Trinajstić information content (AvgIpc) is 3.29. The normalized spacial score (nSPS) is 15.3. The smallest absolute Gasteiger partial charge is 0.251 e. The number of anilines is 1. The summed E-state index contributed by atoms with van der Waals surface area (Å²) in [5, 5.41) is 8.87. The van der Waals surface area contributed by atoms with Crippen LogP contribution < -0.4 is 16.0 Å². The van der Waals surface area contributed by atoms with Crippen LogP contribution in [0.5, 0.6) is 0 Å². The van der Waals surface area contributed by atoms with E-state index >= 15 is 0 Å². The third-order valence-electron chi connectivity index (χ3n) is 3.54. The molecule has 2 rings (SSSR count). The Bertz CT molecular complexity index is 512. The summed E-state index contributed by atoms with van der Waals surface area (Å²) in [7, 11) is 0. The fourth-order valence-electron chi connectivity index (χ4n) is 1.85. The molecule has 0 aliphatic heterocycles. The van der Waals surface area contributed by atoms with Crippen LogP contribution in [0.25, 0.3) is 0 Å². The van der Waals surface area contributed by atoms with E-state index in [0.29, 0.717) is 23.3 Å². The molecule has 0 saturated heterocycles. The highest BCUT2D eigenvalue weighted by molar-refractivity contribution is 5.97. The van der Waals surface area contributed by atoms with Gasteiger partial charge in [-0.05, 0) is 44.4 Å². The summed E-state index contributed by atoms with van der Waals surface area (Å²) in [4.78, 5) is 23.8. The van der Waals surface area contributed by atoms with Crippen molar-refractivity contribution in [2.24, 2.45) is 0 Å². The van der Waals surface area contributed by atoms with Crippen molar-refractivity contribution in [1.82, 2.24) is 10.6 Å². The van der Waals surface area contributed by atoms with Crippen LogP contribution in [0.4, 0.5) is 5.69 Å². The Morgan fingerprint density at radius 1 is 1.33 bits per heavy atom. The Morgan fingerprint density at radius 2 is 2.10 bits per heavy atom. The van der Waals surface area contributed by atoms with Crippen molar-refractivity contribution in [3.63, 3.8) is 0 Å². The summed E-state index contributed by atoms with van der Waals surface area (Å²) in [6, 6.07) is 7.67. The van der Waals surface area contributed by atoms with Crippen molar-refractivity contribution in [1.29, 1.82) is 0 Å². The lowest BCUT2D eigenvalue weighted by Crippen LogP contribution is -2.34. The van der Waals surface area contributed by atoms with Crippen LogP contribution in [0.3, 0.4) is 0 Å². The molecular weight excluding hydrogens is 266 g/mol. The van der Waals surface area contributed by atoms with Gasteiger partial charge in [0.05, 0.1) is 6.54 Å². The third-order valence-corrected chi connectivity index (χ3v) is 3.54. The average molecular weight is 289 g/mol. The van der Waals surface area contributed by atoms with E-state index in [-0.39, 0.29) is 18.4 Å². The Morgan fingerprint density at radius 3 is 2.76 bits per heavy atom. The molecule has 1 fully saturated rings. The quantitative estimate of drug-likeness (QED) is 0.718. The molecule has 0 radical (unpaired) electrons. The summed E-state index contributed by atoms with van der Waals surface area (Å²) in [6.07, 6.45) is 3.09. The SMILES string of the molecule is CCC(C)NCC(=O)Nc1cccc(C(=O)NC2CC2)c1. The van der Waals surface area contributed by atoms with Gasteiger partial charge >= 0.3 is 0 Å². The molecule has 0 aromatic heterocycles. The van der Waals surface area contributed by atoms with Crippen molar-refractivity contribution in [3.8, 4) is 0 Å². The molecular formula is C16H23N3O2. The molecule has 1 atom stereocenters. The fraction of sp³-hybridized carbons (Fsp3) is 0.500. The first-order valence-corrected chi connectivity index (χ1v) is 7.52. The molecule has 3 N–H and O–H groups in total. The minimum atomic E-state index is -0.102. The van der Waals surface area contributed by atoms with E-state index in [4.69, 9.17) is 0 Å². The molecule has 1 aliphatic rings. The zero-order chi connectivity index (χ0) is 15.2. The van der Waals surface area contributed by atoms with Gasteiger partial charge in [-0.15, -0.1) is 0 Å². The van der Waals surface area contributed by atoms with E-state index in [1.807, 2.05) is 6.92 Å². The van der Waals surface area contributed by atoms with E-state index in [1.165, 1.54) is 0 Å². The van der Waals surface area contributed by atoms with Gasteiger partial charge in [0.15, 0.2) is 0 Å². The zero-order valence-electron chi connectivity index (χ0n) is 12.6. The number of hydrogen-bond acceptors (Lipinski definition) is 3. The van der Waals surface area contributed by atoms with Gasteiger partial charge in [0.2, 0.25) is 5.91 Å². The first-order valence-electron chi connectivity index (χ1n) is 7.52. The van der Waals surface area contributed by atoms with E-state index in [2.05, 4.69) is 22.9 Å². The lowest BCUT2D eigenvalue weighted by Gasteiger charge is -2.12. The molecule has 0 bridgehead atoms. The van der Waals surface area contributed by atoms with Crippen LogP contribution in [0.15, 0.2) is 24.3 Å². The van der Waals surface area contributed by atoms with Gasteiger partial charge in [-0.2, -0.15) is 0 Å². The Kier molecular flexibility index (Phi) is 5.33. The van der Waals surface area contributed by atoms with Gasteiger partial charge in [-0.25, -0.2) is 0 Å². The van der Waals surface area contributed by atoms with Gasteiger partial charge in [0.25, 0.3) is 5.91 Å². The van der Waals surface area contributed by atoms with E-state index < -0.39 is 0 Å². The maximum Gasteiger partial charge on any atom is 0.251 e. The Labute approximate surface area is 125 Å². The minimum absolute atomic E-state index is 0.0775. The second-order valence-electron chi connectivity index (χ2n) is 5.57. The summed E-state index contributed by atoms with van der Waals surface area (Å²) in [5.41, 5.74) is 1.23. The van der Waals surface area contributed by atoms with Crippen molar-refractivity contribution in [2.45, 2.75) is 45.2 Å². The molecule has 0 heterocycles. The van der Waals surface area contributed by atoms with E-state index in [1.54, 1.807) is 24.3 Å². The number of rotatable bonds is 7. The van der Waals surface area contributed by atoms with Crippen molar-refractivity contribution >= 4 is 17.5 Å². The maximum absolute atomic E-state index is 12.0. The van der Waals surface area contributed by atoms with E-state index in [0.717, 1.165) is 19.3 Å². The summed E-state index contributed by atoms with van der Waals surface area (Å²) in [6.45, 7) is 4.38. The van der Waals surface area contributed by atoms with Crippen LogP contribution >= 0.6 is 0 Å². The van der Waals surface area contributed by atoms with Crippen molar-refractivity contribution < 1.29 is 9.59 Å². The van der Waals surface area contributed by atoms with Crippen molar-refractivity contribution in [2.75, 3.05) is 11.9 Å². The molecule has 114 valence electrons. The van der Waals surface area contributed by atoms with Crippen molar-refractivity contribution in [3.05, 3.63) is 29.8 Å². The molecule has 1 aromatic rings. The highest BCUT2D eigenvalue weighted by Gasteiger charge is 2.23. The summed E-state index contributed by atoms with van der Waals surface area (Å²) >= 11 is 0. The predicted molar refractivity (Wildman–Crippen MR) is 83.3 cm³/mol. The maximum atomic E-state index is 12.0. The standard InChI is InChI=1S/C16H23N3O2/c1-3-11(2)17-10-15(20)18-14-6-4-5-12(9-14)16(21)19-13-7-8-13/h4-6,9,11,13,17H,3,7-8,10H2,1-2H3,(H,18,20)(H,19,21). The Balaban J connectivity index is 1.87. The van der Waals surface area contributed by atoms with E-state index in [9.17, 15) is 9.59 Å². The number of benzene rings is 1. The number of amides is 2. The number of nitrogens with one attached hydrogen (secondary N) is 3. The second kappa shape index (κ2) is 7.22. The fourth-order valence-corrected chi connectivity index (χ4v) is 1.85. The number of hydrogen-bond donors (Lipinski definition) is 3. The van der Waals surface area contributed by atoms with Crippen LogP contribution in [0, 0.1) is 0 Å². The first kappa shape index (κ1) is 15.5. The zero-order valence-corrected chi connectivity index (χ0v) is 12.6.